The summed E-state index contributed by atoms with van der Waals surface area (Å²) in [5.41, 5.74) is -0.00340. The summed E-state index contributed by atoms with van der Waals surface area (Å²) in [5, 5.41) is 0. The van der Waals surface area contributed by atoms with Crippen molar-refractivity contribution in [2.24, 2.45) is 17.3 Å². The van der Waals surface area contributed by atoms with Crippen molar-refractivity contribution in [3.8, 4) is 0 Å². The molecule has 92 valence electrons. The Morgan fingerprint density at radius 2 is 1.88 bits per heavy atom. The number of nitrogens with zero attached hydrogens (tertiary/aromatic N) is 1. The predicted molar refractivity (Wildman–Crippen MR) is 66.4 cm³/mol. The molecule has 0 radical (unpaired) electrons. The first-order chi connectivity index (χ1) is 7.63. The summed E-state index contributed by atoms with van der Waals surface area (Å²) in [6, 6.07) is 0. The topological polar surface area (TPSA) is 20.3 Å². The summed E-state index contributed by atoms with van der Waals surface area (Å²) >= 11 is 0. The number of rotatable bonds is 3. The fourth-order valence-corrected chi connectivity index (χ4v) is 3.27. The molecule has 0 aromatic heterocycles. The van der Waals surface area contributed by atoms with Crippen molar-refractivity contribution in [2.75, 3.05) is 19.6 Å². The summed E-state index contributed by atoms with van der Waals surface area (Å²) in [5.74, 6) is 1.65. The van der Waals surface area contributed by atoms with Crippen molar-refractivity contribution in [2.45, 2.75) is 46.0 Å². The second-order valence-electron chi connectivity index (χ2n) is 6.29. The number of likely N-dealkylation sites (tertiary alicyclic amines) is 1. The average Bonchev–Trinajstić information content (AvgIpc) is 2.68. The van der Waals surface area contributed by atoms with Gasteiger partial charge >= 0.3 is 0 Å². The minimum Gasteiger partial charge on any atom is -0.303 e. The number of hydrogen-bond acceptors (Lipinski definition) is 2. The van der Waals surface area contributed by atoms with Gasteiger partial charge in [0.15, 0.2) is 0 Å². The molecule has 0 bridgehead atoms. The number of aldehydes is 1. The van der Waals surface area contributed by atoms with Gasteiger partial charge in [-0.2, -0.15) is 0 Å². The Morgan fingerprint density at radius 1 is 1.19 bits per heavy atom. The Hall–Kier alpha value is -0.370. The first-order valence-corrected chi connectivity index (χ1v) is 6.82. The minimum absolute atomic E-state index is 0.00340. The van der Waals surface area contributed by atoms with Crippen LogP contribution in [-0.2, 0) is 4.79 Å². The molecule has 1 aliphatic heterocycles. The quantitative estimate of drug-likeness (QED) is 0.686. The first-order valence-electron chi connectivity index (χ1n) is 6.82. The van der Waals surface area contributed by atoms with E-state index in [4.69, 9.17) is 0 Å². The second kappa shape index (κ2) is 4.87. The third kappa shape index (κ3) is 2.65. The lowest BCUT2D eigenvalue weighted by Crippen LogP contribution is -2.40. The van der Waals surface area contributed by atoms with Crippen LogP contribution >= 0.6 is 0 Å². The van der Waals surface area contributed by atoms with Crippen LogP contribution in [0.15, 0.2) is 0 Å². The fourth-order valence-electron chi connectivity index (χ4n) is 3.27. The minimum atomic E-state index is -0.00340. The molecule has 0 aromatic carbocycles. The molecule has 2 nitrogen and oxygen atoms in total. The van der Waals surface area contributed by atoms with E-state index < -0.39 is 0 Å². The summed E-state index contributed by atoms with van der Waals surface area (Å²) in [7, 11) is 0. The van der Waals surface area contributed by atoms with Crippen LogP contribution < -0.4 is 0 Å². The second-order valence-corrected chi connectivity index (χ2v) is 6.29. The third-order valence-electron chi connectivity index (χ3n) is 4.57. The normalized spacial score (nSPS) is 41.1. The van der Waals surface area contributed by atoms with Crippen LogP contribution in [0.4, 0.5) is 0 Å². The van der Waals surface area contributed by atoms with Gasteiger partial charge in [0, 0.05) is 18.5 Å². The highest BCUT2D eigenvalue weighted by atomic mass is 16.1. The molecule has 0 amide bonds. The van der Waals surface area contributed by atoms with Crippen LogP contribution in [0.25, 0.3) is 0 Å². The number of hydrogen-bond donors (Lipinski definition) is 0. The van der Waals surface area contributed by atoms with Gasteiger partial charge in [0.25, 0.3) is 0 Å². The largest absolute Gasteiger partial charge is 0.303 e. The molecule has 0 spiro atoms. The van der Waals surface area contributed by atoms with E-state index in [0.29, 0.717) is 0 Å². The standard InChI is InChI=1S/C14H25NO/c1-12-3-6-14(11-16,7-4-12)10-15-8-5-13(2)9-15/h11-13H,3-10H2,1-2H3. The Bertz CT molecular complexity index is 243. The molecule has 1 saturated carbocycles. The summed E-state index contributed by atoms with van der Waals surface area (Å²) in [6.45, 7) is 8.05. The van der Waals surface area contributed by atoms with Gasteiger partial charge in [-0.15, -0.1) is 0 Å². The first kappa shape index (κ1) is 12.1. The molecule has 2 rings (SSSR count). The maximum absolute atomic E-state index is 11.4. The van der Waals surface area contributed by atoms with E-state index >= 15 is 0 Å². The molecule has 1 heterocycles. The Kier molecular flexibility index (Phi) is 3.68. The van der Waals surface area contributed by atoms with E-state index in [9.17, 15) is 4.79 Å². The highest BCUT2D eigenvalue weighted by molar-refractivity contribution is 5.60. The Labute approximate surface area is 99.4 Å². The van der Waals surface area contributed by atoms with Crippen molar-refractivity contribution in [1.82, 2.24) is 4.90 Å². The maximum atomic E-state index is 11.4. The van der Waals surface area contributed by atoms with E-state index in [1.807, 2.05) is 0 Å². The number of carbonyl (C=O) groups excluding carboxylic acids is 1. The van der Waals surface area contributed by atoms with Crippen molar-refractivity contribution in [1.29, 1.82) is 0 Å². The van der Waals surface area contributed by atoms with Crippen LogP contribution in [0.5, 0.6) is 0 Å². The third-order valence-corrected chi connectivity index (χ3v) is 4.57. The Balaban J connectivity index is 1.92. The molecular formula is C14H25NO. The molecular weight excluding hydrogens is 198 g/mol. The van der Waals surface area contributed by atoms with Crippen LogP contribution in [0.1, 0.15) is 46.0 Å². The lowest BCUT2D eigenvalue weighted by Gasteiger charge is -2.37. The monoisotopic (exact) mass is 223 g/mol. The SMILES string of the molecule is CC1CCC(C=O)(CN2CCC(C)C2)CC1. The van der Waals surface area contributed by atoms with Crippen LogP contribution in [0, 0.1) is 17.3 Å². The van der Waals surface area contributed by atoms with Gasteiger partial charge in [0.1, 0.15) is 6.29 Å². The maximum Gasteiger partial charge on any atom is 0.127 e. The zero-order chi connectivity index (χ0) is 11.6. The summed E-state index contributed by atoms with van der Waals surface area (Å²) in [4.78, 5) is 13.9. The molecule has 16 heavy (non-hydrogen) atoms. The average molecular weight is 223 g/mol. The van der Waals surface area contributed by atoms with Gasteiger partial charge < -0.3 is 9.69 Å². The van der Waals surface area contributed by atoms with Crippen molar-refractivity contribution in [3.05, 3.63) is 0 Å². The van der Waals surface area contributed by atoms with Gasteiger partial charge in [-0.25, -0.2) is 0 Å². The van der Waals surface area contributed by atoms with Gasteiger partial charge in [-0.1, -0.05) is 13.8 Å². The highest BCUT2D eigenvalue weighted by Gasteiger charge is 2.36. The summed E-state index contributed by atoms with van der Waals surface area (Å²) in [6.07, 6.45) is 7.28. The molecule has 1 saturated heterocycles. The van der Waals surface area contributed by atoms with Gasteiger partial charge in [0.2, 0.25) is 0 Å². The van der Waals surface area contributed by atoms with Crippen molar-refractivity contribution >= 4 is 6.29 Å². The van der Waals surface area contributed by atoms with Gasteiger partial charge in [-0.05, 0) is 50.5 Å². The van der Waals surface area contributed by atoms with E-state index in [0.717, 1.165) is 31.2 Å². The number of carbonyl (C=O) groups is 1. The van der Waals surface area contributed by atoms with Gasteiger partial charge in [0.05, 0.1) is 0 Å². The molecule has 2 heteroatoms. The molecule has 0 aromatic rings. The molecule has 0 N–H and O–H groups in total. The zero-order valence-corrected chi connectivity index (χ0v) is 10.7. The molecule has 2 fully saturated rings. The lowest BCUT2D eigenvalue weighted by atomic mass is 9.71. The van der Waals surface area contributed by atoms with E-state index in [2.05, 4.69) is 18.7 Å². The van der Waals surface area contributed by atoms with E-state index in [-0.39, 0.29) is 5.41 Å². The Morgan fingerprint density at radius 3 is 2.38 bits per heavy atom. The predicted octanol–water partition coefficient (Wildman–Crippen LogP) is 2.72. The van der Waals surface area contributed by atoms with Crippen LogP contribution in [0.3, 0.4) is 0 Å². The highest BCUT2D eigenvalue weighted by Crippen LogP contribution is 2.38. The summed E-state index contributed by atoms with van der Waals surface area (Å²) < 4.78 is 0. The molecule has 1 unspecified atom stereocenters. The smallest absolute Gasteiger partial charge is 0.127 e. The van der Waals surface area contributed by atoms with E-state index in [1.165, 1.54) is 38.6 Å². The lowest BCUT2D eigenvalue weighted by molar-refractivity contribution is -0.119. The van der Waals surface area contributed by atoms with E-state index in [1.54, 1.807) is 0 Å². The van der Waals surface area contributed by atoms with Crippen LogP contribution in [-0.4, -0.2) is 30.8 Å². The molecule has 1 aliphatic carbocycles. The van der Waals surface area contributed by atoms with Crippen molar-refractivity contribution in [3.63, 3.8) is 0 Å². The fraction of sp³-hybridized carbons (Fsp3) is 0.929. The van der Waals surface area contributed by atoms with Crippen LogP contribution in [0.2, 0.25) is 0 Å². The zero-order valence-electron chi connectivity index (χ0n) is 10.7. The van der Waals surface area contributed by atoms with Gasteiger partial charge in [-0.3, -0.25) is 0 Å². The molecule has 1 atom stereocenters. The molecule has 2 aliphatic rings. The van der Waals surface area contributed by atoms with Crippen molar-refractivity contribution < 1.29 is 4.79 Å².